The third kappa shape index (κ3) is 12.4. The van der Waals surface area contributed by atoms with E-state index in [2.05, 4.69) is 31.8 Å². The van der Waals surface area contributed by atoms with Crippen molar-refractivity contribution in [2.45, 2.75) is 112 Å². The van der Waals surface area contributed by atoms with Crippen LogP contribution in [0.1, 0.15) is 105 Å². The second-order valence-electron chi connectivity index (χ2n) is 16.8. The van der Waals surface area contributed by atoms with Crippen LogP contribution in [0, 0.1) is 23.3 Å². The van der Waals surface area contributed by atoms with Crippen LogP contribution in [0.4, 0.5) is 26.3 Å². The van der Waals surface area contributed by atoms with Gasteiger partial charge in [0.15, 0.2) is 5.78 Å². The molecule has 0 bridgehead atoms. The summed E-state index contributed by atoms with van der Waals surface area (Å²) >= 11 is 0. The Morgan fingerprint density at radius 3 is 1.73 bits per heavy atom. The van der Waals surface area contributed by atoms with Gasteiger partial charge in [0.2, 0.25) is 0 Å². The number of carbonyl (C=O) groups is 1. The normalized spacial score (nSPS) is 12.7. The maximum atomic E-state index is 14.2. The quantitative estimate of drug-likeness (QED) is 0.0586. The summed E-state index contributed by atoms with van der Waals surface area (Å²) in [6, 6.07) is 28.0. The van der Waals surface area contributed by atoms with E-state index in [1.165, 1.54) is 26.0 Å². The molecule has 60 heavy (non-hydrogen) atoms. The maximum absolute atomic E-state index is 14.2. The summed E-state index contributed by atoms with van der Waals surface area (Å²) in [5.41, 5.74) is 1.49. The molecule has 0 saturated carbocycles. The van der Waals surface area contributed by atoms with E-state index >= 15 is 0 Å². The summed E-state index contributed by atoms with van der Waals surface area (Å²) in [5, 5.41) is 11.6. The first kappa shape index (κ1) is 50.1. The van der Waals surface area contributed by atoms with Crippen LogP contribution in [0.3, 0.4) is 0 Å². The molecular formula is C50H56F6IrNO2-. The number of alkyl halides is 6. The zero-order valence-electron chi connectivity index (χ0n) is 35.8. The monoisotopic (exact) mass is 1010 g/mol. The van der Waals surface area contributed by atoms with Gasteiger partial charge in [-0.25, -0.2) is 0 Å². The number of pyridine rings is 1. The van der Waals surface area contributed by atoms with E-state index in [1.54, 1.807) is 48.5 Å². The van der Waals surface area contributed by atoms with Crippen LogP contribution in [0.25, 0.3) is 44.3 Å². The van der Waals surface area contributed by atoms with Crippen molar-refractivity contribution < 1.29 is 56.3 Å². The van der Waals surface area contributed by atoms with Gasteiger partial charge in [0.05, 0.1) is 16.7 Å². The number of carbonyl (C=O) groups excluding carboxylic acids is 1. The minimum absolute atomic E-state index is 0. The van der Waals surface area contributed by atoms with Gasteiger partial charge >= 0.3 is 12.4 Å². The molecule has 1 radical (unpaired) electrons. The smallest absolute Gasteiger partial charge is 0.418 e. The number of aliphatic hydroxyl groups excluding tert-OH is 1. The van der Waals surface area contributed by atoms with Crippen LogP contribution in [-0.2, 0) is 42.9 Å². The van der Waals surface area contributed by atoms with E-state index in [4.69, 9.17) is 0 Å². The van der Waals surface area contributed by atoms with Crippen molar-refractivity contribution in [1.82, 2.24) is 4.98 Å². The van der Waals surface area contributed by atoms with Gasteiger partial charge in [-0.05, 0) is 65.3 Å². The molecule has 1 heterocycles. The Morgan fingerprint density at radius 2 is 1.23 bits per heavy atom. The zero-order chi connectivity index (χ0) is 43.9. The van der Waals surface area contributed by atoms with Crippen molar-refractivity contribution in [3.63, 3.8) is 0 Å². The summed E-state index contributed by atoms with van der Waals surface area (Å²) in [7, 11) is 0. The van der Waals surface area contributed by atoms with Crippen molar-refractivity contribution in [2.75, 3.05) is 0 Å². The largest absolute Gasteiger partial charge is 0.512 e. The Morgan fingerprint density at radius 1 is 0.717 bits per heavy atom. The molecule has 325 valence electrons. The Kier molecular flexibility index (Phi) is 17.1. The molecule has 10 heteroatoms. The molecule has 0 aliphatic rings. The Bertz CT molecular complexity index is 2210. The average molecular weight is 1010 g/mol. The van der Waals surface area contributed by atoms with Crippen molar-refractivity contribution in [1.29, 1.82) is 0 Å². The molecule has 0 fully saturated rings. The van der Waals surface area contributed by atoms with E-state index in [1.807, 2.05) is 58.0 Å². The minimum atomic E-state index is -4.62. The Hall–Kier alpha value is -4.27. The van der Waals surface area contributed by atoms with Gasteiger partial charge in [-0.3, -0.25) is 9.78 Å². The van der Waals surface area contributed by atoms with Crippen LogP contribution in [0.15, 0.2) is 103 Å². The molecule has 0 aliphatic carbocycles. The maximum Gasteiger partial charge on any atom is 0.418 e. The van der Waals surface area contributed by atoms with Crippen LogP contribution in [-0.4, -0.2) is 22.1 Å². The van der Waals surface area contributed by atoms with Gasteiger partial charge in [0.25, 0.3) is 0 Å². The fourth-order valence-electron chi connectivity index (χ4n) is 7.10. The topological polar surface area (TPSA) is 50.2 Å². The molecule has 0 spiro atoms. The van der Waals surface area contributed by atoms with E-state index in [0.29, 0.717) is 22.4 Å². The second kappa shape index (κ2) is 20.5. The number of benzene rings is 4. The second-order valence-corrected chi connectivity index (χ2v) is 16.8. The number of ketones is 1. The molecule has 5 aromatic rings. The Labute approximate surface area is 365 Å². The summed E-state index contributed by atoms with van der Waals surface area (Å²) in [4.78, 5) is 15.9. The van der Waals surface area contributed by atoms with E-state index in [0.717, 1.165) is 59.3 Å². The SMILES string of the molecule is CC(C)(C)c1cc(-c2cc(-c3ccc(-c4ccc(CC(C)(C)C(F)(F)F)cc4)cc3)c(C(F)(F)F)cn2)[c-]c2ccccc12.CCC(CC)C(=O)/C=C(\O)C(CC)CC.[Ir]. The van der Waals surface area contributed by atoms with Crippen LogP contribution < -0.4 is 0 Å². The summed E-state index contributed by atoms with van der Waals surface area (Å²) in [6.07, 6.45) is -3.33. The number of aliphatic hydroxyl groups is 1. The third-order valence-corrected chi connectivity index (χ3v) is 11.0. The average Bonchev–Trinajstić information content (AvgIpc) is 3.17. The molecule has 1 N–H and O–H groups in total. The number of fused-ring (bicyclic) bond motifs is 1. The van der Waals surface area contributed by atoms with Crippen molar-refractivity contribution in [3.05, 3.63) is 126 Å². The summed E-state index contributed by atoms with van der Waals surface area (Å²) < 4.78 is 82.4. The molecule has 0 unspecified atom stereocenters. The van der Waals surface area contributed by atoms with Crippen LogP contribution in [0.2, 0.25) is 0 Å². The van der Waals surface area contributed by atoms with Crippen molar-refractivity contribution >= 4 is 16.6 Å². The van der Waals surface area contributed by atoms with Gasteiger partial charge in [-0.1, -0.05) is 146 Å². The molecular weight excluding hydrogens is 953 g/mol. The first-order chi connectivity index (χ1) is 27.5. The molecule has 1 aromatic heterocycles. The molecule has 0 saturated heterocycles. The fraction of sp³-hybridized carbons (Fsp3) is 0.400. The Balaban J connectivity index is 0.000000513. The van der Waals surface area contributed by atoms with E-state index in [9.17, 15) is 36.2 Å². The molecule has 0 atom stereocenters. The summed E-state index contributed by atoms with van der Waals surface area (Å²) in [5.74, 6) is 0.547. The zero-order valence-corrected chi connectivity index (χ0v) is 38.2. The first-order valence-electron chi connectivity index (χ1n) is 20.3. The number of hydrogen-bond acceptors (Lipinski definition) is 3. The van der Waals surface area contributed by atoms with Gasteiger partial charge in [-0.2, -0.15) is 26.3 Å². The van der Waals surface area contributed by atoms with Gasteiger partial charge in [0, 0.05) is 49.9 Å². The predicted octanol–water partition coefficient (Wildman–Crippen LogP) is 15.4. The van der Waals surface area contributed by atoms with Crippen LogP contribution in [0.5, 0.6) is 0 Å². The first-order valence-corrected chi connectivity index (χ1v) is 20.3. The van der Waals surface area contributed by atoms with Crippen molar-refractivity contribution in [3.8, 4) is 33.5 Å². The number of halogens is 6. The number of allylic oxidation sites excluding steroid dienone is 2. The predicted molar refractivity (Wildman–Crippen MR) is 228 cm³/mol. The third-order valence-electron chi connectivity index (χ3n) is 11.0. The van der Waals surface area contributed by atoms with Crippen LogP contribution >= 0.6 is 0 Å². The molecule has 0 aliphatic heterocycles. The van der Waals surface area contributed by atoms with Crippen molar-refractivity contribution in [2.24, 2.45) is 17.3 Å². The molecule has 5 rings (SSSR count). The summed E-state index contributed by atoms with van der Waals surface area (Å²) in [6.45, 7) is 16.7. The number of aromatic nitrogens is 1. The number of nitrogens with zero attached hydrogens (tertiary/aromatic N) is 1. The minimum Gasteiger partial charge on any atom is -0.512 e. The molecule has 3 nitrogen and oxygen atoms in total. The molecule has 4 aromatic carbocycles. The number of hydrogen-bond donors (Lipinski definition) is 1. The number of rotatable bonds is 12. The standard InChI is InChI=1S/C37H32F6N.C13H24O2.Ir/c1-34(2,3)31-19-28(18-27-8-6-7-9-29(27)31)33-20-30(32(22-44-33)36(38,39)40)26-16-14-25(15-17-26)24-12-10-23(11-13-24)21-35(4,5)37(41,42)43;1-5-10(6-2)12(14)9-13(15)11(7-3)8-4;/h6-17,19-20,22H,21H2,1-5H3;9-11,14H,5-8H2,1-4H3;/q-1;;/b;12-9-;. The van der Waals surface area contributed by atoms with E-state index in [-0.39, 0.29) is 60.9 Å². The van der Waals surface area contributed by atoms with Gasteiger partial charge < -0.3 is 5.11 Å². The fourth-order valence-corrected chi connectivity index (χ4v) is 7.10. The van der Waals surface area contributed by atoms with Gasteiger partial charge in [-0.15, -0.1) is 29.1 Å². The van der Waals surface area contributed by atoms with Gasteiger partial charge in [0.1, 0.15) is 0 Å². The van der Waals surface area contributed by atoms with E-state index < -0.39 is 23.3 Å². The molecule has 0 amide bonds.